The van der Waals surface area contributed by atoms with Crippen molar-refractivity contribution in [2.45, 2.75) is 13.3 Å². The molecule has 0 atom stereocenters. The minimum absolute atomic E-state index is 0.0172. The molecule has 1 fully saturated rings. The van der Waals surface area contributed by atoms with Crippen molar-refractivity contribution in [3.8, 4) is 0 Å². The van der Waals surface area contributed by atoms with Gasteiger partial charge in [-0.25, -0.2) is 0 Å². The molecule has 1 aromatic rings. The van der Waals surface area contributed by atoms with Crippen molar-refractivity contribution >= 4 is 11.9 Å². The van der Waals surface area contributed by atoms with Gasteiger partial charge in [0.2, 0.25) is 5.76 Å². The number of hydrogen-bond donors (Lipinski definition) is 1. The first kappa shape index (κ1) is 13.5. The highest BCUT2D eigenvalue weighted by Crippen LogP contribution is 2.12. The van der Waals surface area contributed by atoms with Gasteiger partial charge in [-0.05, 0) is 13.3 Å². The lowest BCUT2D eigenvalue weighted by Crippen LogP contribution is -2.36. The molecule has 0 spiro atoms. The summed E-state index contributed by atoms with van der Waals surface area (Å²) in [5.41, 5.74) is 0.719. The van der Waals surface area contributed by atoms with E-state index >= 15 is 0 Å². The number of aliphatic carboxylic acids is 1. The van der Waals surface area contributed by atoms with Crippen molar-refractivity contribution in [2.75, 3.05) is 32.7 Å². The van der Waals surface area contributed by atoms with Gasteiger partial charge in [0.25, 0.3) is 5.91 Å². The van der Waals surface area contributed by atoms with Crippen LogP contribution < -0.4 is 0 Å². The normalized spacial score (nSPS) is 17.2. The molecule has 1 amide bonds. The number of amides is 1. The number of carboxylic acids is 1. The van der Waals surface area contributed by atoms with Crippen LogP contribution in [0.1, 0.15) is 22.5 Å². The molecule has 0 unspecified atom stereocenters. The molecular weight excluding hydrogens is 250 g/mol. The second-order valence-corrected chi connectivity index (χ2v) is 4.65. The van der Waals surface area contributed by atoms with Gasteiger partial charge in [-0.1, -0.05) is 5.16 Å². The molecule has 1 aliphatic heterocycles. The number of carboxylic acid groups (broad SMARTS) is 1. The number of carbonyl (C=O) groups is 2. The summed E-state index contributed by atoms with van der Waals surface area (Å²) in [5.74, 6) is -0.746. The molecule has 19 heavy (non-hydrogen) atoms. The van der Waals surface area contributed by atoms with Crippen molar-refractivity contribution in [2.24, 2.45) is 0 Å². The molecule has 2 heterocycles. The fourth-order valence-electron chi connectivity index (χ4n) is 2.16. The Labute approximate surface area is 110 Å². The largest absolute Gasteiger partial charge is 0.480 e. The Morgan fingerprint density at radius 3 is 2.79 bits per heavy atom. The smallest absolute Gasteiger partial charge is 0.317 e. The Hall–Kier alpha value is -1.89. The average molecular weight is 267 g/mol. The maximum atomic E-state index is 12.2. The molecule has 7 heteroatoms. The Morgan fingerprint density at radius 1 is 1.37 bits per heavy atom. The van der Waals surface area contributed by atoms with Crippen LogP contribution in [0.4, 0.5) is 0 Å². The summed E-state index contributed by atoms with van der Waals surface area (Å²) >= 11 is 0. The van der Waals surface area contributed by atoms with Crippen molar-refractivity contribution in [3.05, 3.63) is 17.5 Å². The second-order valence-electron chi connectivity index (χ2n) is 4.65. The van der Waals surface area contributed by atoms with Crippen LogP contribution in [0.5, 0.6) is 0 Å². The molecule has 1 aromatic heterocycles. The van der Waals surface area contributed by atoms with Crippen molar-refractivity contribution in [3.63, 3.8) is 0 Å². The first-order valence-corrected chi connectivity index (χ1v) is 6.22. The van der Waals surface area contributed by atoms with Crippen LogP contribution in [0.25, 0.3) is 0 Å². The van der Waals surface area contributed by atoms with Gasteiger partial charge >= 0.3 is 5.97 Å². The summed E-state index contributed by atoms with van der Waals surface area (Å²) in [5, 5.41) is 12.4. The standard InChI is InChI=1S/C12H17N3O4/c1-9-7-13-19-11(9)12(18)15-4-2-3-14(5-6-15)8-10(16)17/h7H,2-6,8H2,1H3,(H,16,17). The molecule has 7 nitrogen and oxygen atoms in total. The fraction of sp³-hybridized carbons (Fsp3) is 0.583. The molecular formula is C12H17N3O4. The Morgan fingerprint density at radius 2 is 2.16 bits per heavy atom. The SMILES string of the molecule is Cc1cnoc1C(=O)N1CCCN(CC(=O)O)CC1. The summed E-state index contributed by atoms with van der Waals surface area (Å²) in [6.45, 7) is 4.15. The van der Waals surface area contributed by atoms with Gasteiger partial charge in [-0.3, -0.25) is 14.5 Å². The fourth-order valence-corrected chi connectivity index (χ4v) is 2.16. The zero-order chi connectivity index (χ0) is 13.8. The van der Waals surface area contributed by atoms with Crippen LogP contribution in [-0.2, 0) is 4.79 Å². The average Bonchev–Trinajstić information content (AvgIpc) is 2.64. The molecule has 0 bridgehead atoms. The number of aromatic nitrogens is 1. The third-order valence-corrected chi connectivity index (χ3v) is 3.18. The lowest BCUT2D eigenvalue weighted by Gasteiger charge is -2.20. The van der Waals surface area contributed by atoms with Gasteiger partial charge in [0, 0.05) is 31.7 Å². The van der Waals surface area contributed by atoms with E-state index in [0.29, 0.717) is 26.2 Å². The number of carbonyl (C=O) groups excluding carboxylic acids is 1. The molecule has 0 saturated carbocycles. The van der Waals surface area contributed by atoms with Crippen LogP contribution in [0.3, 0.4) is 0 Å². The van der Waals surface area contributed by atoms with E-state index in [1.807, 2.05) is 4.90 Å². The summed E-state index contributed by atoms with van der Waals surface area (Å²) in [7, 11) is 0. The molecule has 0 aliphatic carbocycles. The third-order valence-electron chi connectivity index (χ3n) is 3.18. The summed E-state index contributed by atoms with van der Waals surface area (Å²) in [6.07, 6.45) is 2.27. The van der Waals surface area contributed by atoms with E-state index in [0.717, 1.165) is 12.0 Å². The van der Waals surface area contributed by atoms with Gasteiger partial charge in [-0.2, -0.15) is 0 Å². The van der Waals surface area contributed by atoms with Crippen LogP contribution in [0, 0.1) is 6.92 Å². The zero-order valence-electron chi connectivity index (χ0n) is 10.8. The summed E-state index contributed by atoms with van der Waals surface area (Å²) < 4.78 is 4.96. The van der Waals surface area contributed by atoms with Gasteiger partial charge in [0.1, 0.15) is 0 Å². The van der Waals surface area contributed by atoms with Gasteiger partial charge in [0.05, 0.1) is 12.7 Å². The van der Waals surface area contributed by atoms with Crippen LogP contribution in [0.15, 0.2) is 10.7 Å². The molecule has 0 radical (unpaired) electrons. The Kier molecular flexibility index (Phi) is 4.16. The van der Waals surface area contributed by atoms with E-state index < -0.39 is 5.97 Å². The lowest BCUT2D eigenvalue weighted by molar-refractivity contribution is -0.138. The maximum Gasteiger partial charge on any atom is 0.317 e. The van der Waals surface area contributed by atoms with E-state index in [9.17, 15) is 9.59 Å². The molecule has 1 aliphatic rings. The first-order chi connectivity index (χ1) is 9.08. The van der Waals surface area contributed by atoms with Gasteiger partial charge < -0.3 is 14.5 Å². The second kappa shape index (κ2) is 5.83. The molecule has 104 valence electrons. The number of aryl methyl sites for hydroxylation is 1. The molecule has 1 N–H and O–H groups in total. The first-order valence-electron chi connectivity index (χ1n) is 6.22. The molecule has 0 aromatic carbocycles. The van der Waals surface area contributed by atoms with Crippen LogP contribution >= 0.6 is 0 Å². The minimum atomic E-state index is -0.842. The number of nitrogens with zero attached hydrogens (tertiary/aromatic N) is 3. The highest BCUT2D eigenvalue weighted by molar-refractivity contribution is 5.92. The van der Waals surface area contributed by atoms with Crippen molar-refractivity contribution in [1.29, 1.82) is 0 Å². The van der Waals surface area contributed by atoms with Crippen LogP contribution in [-0.4, -0.2) is 64.7 Å². The van der Waals surface area contributed by atoms with Crippen molar-refractivity contribution in [1.82, 2.24) is 15.0 Å². The summed E-state index contributed by atoms with van der Waals surface area (Å²) in [4.78, 5) is 26.4. The maximum absolute atomic E-state index is 12.2. The third kappa shape index (κ3) is 3.31. The van der Waals surface area contributed by atoms with E-state index in [1.54, 1.807) is 11.8 Å². The van der Waals surface area contributed by atoms with E-state index in [4.69, 9.17) is 9.63 Å². The van der Waals surface area contributed by atoms with E-state index in [-0.39, 0.29) is 18.2 Å². The zero-order valence-corrected chi connectivity index (χ0v) is 10.8. The number of hydrogen-bond acceptors (Lipinski definition) is 5. The Bertz CT molecular complexity index is 471. The highest BCUT2D eigenvalue weighted by atomic mass is 16.5. The quantitative estimate of drug-likeness (QED) is 0.842. The van der Waals surface area contributed by atoms with Gasteiger partial charge in [0.15, 0.2) is 0 Å². The topological polar surface area (TPSA) is 86.9 Å². The predicted molar refractivity (Wildman–Crippen MR) is 65.8 cm³/mol. The summed E-state index contributed by atoms with van der Waals surface area (Å²) in [6, 6.07) is 0. The number of rotatable bonds is 3. The lowest BCUT2D eigenvalue weighted by atomic mass is 10.2. The Balaban J connectivity index is 1.97. The highest BCUT2D eigenvalue weighted by Gasteiger charge is 2.24. The van der Waals surface area contributed by atoms with Crippen molar-refractivity contribution < 1.29 is 19.2 Å². The van der Waals surface area contributed by atoms with E-state index in [2.05, 4.69) is 5.16 Å². The monoisotopic (exact) mass is 267 g/mol. The molecule has 2 rings (SSSR count). The predicted octanol–water partition coefficient (Wildman–Crippen LogP) is 0.216. The minimum Gasteiger partial charge on any atom is -0.480 e. The molecule has 1 saturated heterocycles. The van der Waals surface area contributed by atoms with Crippen LogP contribution in [0.2, 0.25) is 0 Å². The van der Waals surface area contributed by atoms with E-state index in [1.165, 1.54) is 6.20 Å². The van der Waals surface area contributed by atoms with Gasteiger partial charge in [-0.15, -0.1) is 0 Å².